The molecule has 21 heavy (non-hydrogen) atoms. The maximum atomic E-state index is 13.9. The Morgan fingerprint density at radius 2 is 2.33 bits per heavy atom. The van der Waals surface area contributed by atoms with Gasteiger partial charge in [-0.15, -0.1) is 0 Å². The molecule has 1 aliphatic rings. The highest BCUT2D eigenvalue weighted by Crippen LogP contribution is 2.22. The van der Waals surface area contributed by atoms with Gasteiger partial charge in [-0.3, -0.25) is 4.79 Å². The molecule has 2 rings (SSSR count). The Morgan fingerprint density at radius 3 is 2.95 bits per heavy atom. The van der Waals surface area contributed by atoms with Crippen molar-refractivity contribution in [1.82, 2.24) is 10.2 Å². The standard InChI is InChI=1S/C16H22ClFN2O/c1-2-9-20(11-12-5-4-8-19-10-12)16(21)15-13(17)6-3-7-14(15)18/h3,6-7,12,19H,2,4-5,8-11H2,1H3. The lowest BCUT2D eigenvalue weighted by atomic mass is 9.98. The van der Waals surface area contributed by atoms with E-state index in [2.05, 4.69) is 5.32 Å². The van der Waals surface area contributed by atoms with Gasteiger partial charge in [0.15, 0.2) is 0 Å². The topological polar surface area (TPSA) is 32.3 Å². The van der Waals surface area contributed by atoms with Crippen LogP contribution in [0.5, 0.6) is 0 Å². The number of halogens is 2. The third-order valence-corrected chi connectivity index (χ3v) is 4.15. The van der Waals surface area contributed by atoms with Crippen molar-refractivity contribution < 1.29 is 9.18 Å². The number of nitrogens with one attached hydrogen (secondary N) is 1. The van der Waals surface area contributed by atoms with E-state index < -0.39 is 5.82 Å². The van der Waals surface area contributed by atoms with Crippen LogP contribution in [0.2, 0.25) is 5.02 Å². The second-order valence-electron chi connectivity index (χ2n) is 5.56. The highest BCUT2D eigenvalue weighted by Gasteiger charge is 2.24. The Balaban J connectivity index is 2.14. The van der Waals surface area contributed by atoms with Crippen LogP contribution in [0.15, 0.2) is 18.2 Å². The van der Waals surface area contributed by atoms with Gasteiger partial charge in [0.05, 0.1) is 10.6 Å². The zero-order valence-electron chi connectivity index (χ0n) is 12.4. The Labute approximate surface area is 130 Å². The smallest absolute Gasteiger partial charge is 0.258 e. The molecule has 0 aliphatic carbocycles. The van der Waals surface area contributed by atoms with E-state index in [0.29, 0.717) is 19.0 Å². The molecule has 0 bridgehead atoms. The number of hydrogen-bond acceptors (Lipinski definition) is 2. The number of nitrogens with zero attached hydrogens (tertiary/aromatic N) is 1. The molecule has 0 radical (unpaired) electrons. The molecule has 1 fully saturated rings. The van der Waals surface area contributed by atoms with Gasteiger partial charge in [0.25, 0.3) is 5.91 Å². The molecule has 1 unspecified atom stereocenters. The zero-order valence-corrected chi connectivity index (χ0v) is 13.1. The van der Waals surface area contributed by atoms with E-state index in [4.69, 9.17) is 11.6 Å². The van der Waals surface area contributed by atoms with Crippen molar-refractivity contribution >= 4 is 17.5 Å². The average Bonchev–Trinajstić information content (AvgIpc) is 2.47. The molecule has 1 aromatic rings. The van der Waals surface area contributed by atoms with Crippen LogP contribution in [0.3, 0.4) is 0 Å². The quantitative estimate of drug-likeness (QED) is 0.904. The molecule has 0 spiro atoms. The van der Waals surface area contributed by atoms with Gasteiger partial charge in [0.2, 0.25) is 0 Å². The molecule has 1 heterocycles. The fourth-order valence-electron chi connectivity index (χ4n) is 2.80. The van der Waals surface area contributed by atoms with E-state index in [-0.39, 0.29) is 16.5 Å². The first-order valence-corrected chi connectivity index (χ1v) is 7.95. The van der Waals surface area contributed by atoms with Gasteiger partial charge < -0.3 is 10.2 Å². The van der Waals surface area contributed by atoms with Crippen LogP contribution < -0.4 is 5.32 Å². The first-order valence-electron chi connectivity index (χ1n) is 7.57. The average molecular weight is 313 g/mol. The third-order valence-electron chi connectivity index (χ3n) is 3.83. The summed E-state index contributed by atoms with van der Waals surface area (Å²) in [6, 6.07) is 4.36. The van der Waals surface area contributed by atoms with Gasteiger partial charge in [-0.25, -0.2) is 4.39 Å². The number of carbonyl (C=O) groups is 1. The van der Waals surface area contributed by atoms with Crippen LogP contribution in [0.25, 0.3) is 0 Å². The summed E-state index contributed by atoms with van der Waals surface area (Å²) in [5.74, 6) is -0.416. The summed E-state index contributed by atoms with van der Waals surface area (Å²) in [5, 5.41) is 3.53. The van der Waals surface area contributed by atoms with E-state index in [9.17, 15) is 9.18 Å². The van der Waals surface area contributed by atoms with E-state index in [0.717, 1.165) is 32.4 Å². The minimum Gasteiger partial charge on any atom is -0.338 e. The molecule has 0 saturated carbocycles. The van der Waals surface area contributed by atoms with Gasteiger partial charge in [0, 0.05) is 13.1 Å². The number of piperidine rings is 1. The predicted molar refractivity (Wildman–Crippen MR) is 83.2 cm³/mol. The number of rotatable bonds is 5. The van der Waals surface area contributed by atoms with Crippen molar-refractivity contribution in [2.75, 3.05) is 26.2 Å². The molecule has 3 nitrogen and oxygen atoms in total. The summed E-state index contributed by atoms with van der Waals surface area (Å²) in [4.78, 5) is 14.4. The van der Waals surface area contributed by atoms with Crippen molar-refractivity contribution in [3.8, 4) is 0 Å². The monoisotopic (exact) mass is 312 g/mol. The molecule has 1 atom stereocenters. The van der Waals surface area contributed by atoms with E-state index in [1.165, 1.54) is 12.1 Å². The van der Waals surface area contributed by atoms with Gasteiger partial charge in [-0.05, 0) is 50.4 Å². The first-order chi connectivity index (χ1) is 10.1. The highest BCUT2D eigenvalue weighted by molar-refractivity contribution is 6.33. The van der Waals surface area contributed by atoms with Crippen molar-refractivity contribution in [3.05, 3.63) is 34.6 Å². The van der Waals surface area contributed by atoms with Crippen molar-refractivity contribution in [3.63, 3.8) is 0 Å². The second-order valence-corrected chi connectivity index (χ2v) is 5.97. The molecular formula is C16H22ClFN2O. The van der Waals surface area contributed by atoms with Crippen LogP contribution in [0.4, 0.5) is 4.39 Å². The van der Waals surface area contributed by atoms with Crippen molar-refractivity contribution in [2.45, 2.75) is 26.2 Å². The van der Waals surface area contributed by atoms with Crippen molar-refractivity contribution in [1.29, 1.82) is 0 Å². The van der Waals surface area contributed by atoms with Gasteiger partial charge in [-0.2, -0.15) is 0 Å². The van der Waals surface area contributed by atoms with Crippen LogP contribution in [0, 0.1) is 11.7 Å². The number of hydrogen-bond donors (Lipinski definition) is 1. The summed E-state index contributed by atoms with van der Waals surface area (Å²) in [5.41, 5.74) is -0.00335. The Morgan fingerprint density at radius 1 is 1.52 bits per heavy atom. The summed E-state index contributed by atoms with van der Waals surface area (Å²) in [6.07, 6.45) is 3.07. The summed E-state index contributed by atoms with van der Waals surface area (Å²) >= 11 is 6.01. The molecule has 1 aliphatic heterocycles. The fourth-order valence-corrected chi connectivity index (χ4v) is 3.04. The fraction of sp³-hybridized carbons (Fsp3) is 0.562. The molecule has 1 amide bonds. The molecule has 0 aromatic heterocycles. The molecule has 1 aromatic carbocycles. The zero-order chi connectivity index (χ0) is 15.2. The maximum absolute atomic E-state index is 13.9. The third kappa shape index (κ3) is 4.17. The molecule has 116 valence electrons. The van der Waals surface area contributed by atoms with Crippen molar-refractivity contribution in [2.24, 2.45) is 5.92 Å². The summed E-state index contributed by atoms with van der Waals surface area (Å²) < 4.78 is 13.9. The SMILES string of the molecule is CCCN(CC1CCCNC1)C(=O)c1c(F)cccc1Cl. The lowest BCUT2D eigenvalue weighted by Gasteiger charge is -2.30. The predicted octanol–water partition coefficient (Wildman–Crippen LogP) is 3.33. The minimum absolute atomic E-state index is 0.00335. The summed E-state index contributed by atoms with van der Waals surface area (Å²) in [6.45, 7) is 5.25. The number of amides is 1. The Bertz CT molecular complexity index is 469. The number of carbonyl (C=O) groups excluding carboxylic acids is 1. The largest absolute Gasteiger partial charge is 0.338 e. The molecule has 1 N–H and O–H groups in total. The first kappa shape index (κ1) is 16.2. The number of benzene rings is 1. The van der Waals surface area contributed by atoms with Gasteiger partial charge >= 0.3 is 0 Å². The van der Waals surface area contributed by atoms with E-state index in [1.54, 1.807) is 11.0 Å². The van der Waals surface area contributed by atoms with Gasteiger partial charge in [-0.1, -0.05) is 24.6 Å². The highest BCUT2D eigenvalue weighted by atomic mass is 35.5. The normalized spacial score (nSPS) is 18.5. The Hall–Kier alpha value is -1.13. The minimum atomic E-state index is -0.546. The van der Waals surface area contributed by atoms with E-state index in [1.807, 2.05) is 6.92 Å². The van der Waals surface area contributed by atoms with Crippen LogP contribution in [0.1, 0.15) is 36.5 Å². The van der Waals surface area contributed by atoms with Crippen LogP contribution >= 0.6 is 11.6 Å². The lowest BCUT2D eigenvalue weighted by Crippen LogP contribution is -2.41. The molecule has 5 heteroatoms. The molecular weight excluding hydrogens is 291 g/mol. The maximum Gasteiger partial charge on any atom is 0.258 e. The van der Waals surface area contributed by atoms with E-state index >= 15 is 0 Å². The van der Waals surface area contributed by atoms with Crippen LogP contribution in [-0.4, -0.2) is 37.0 Å². The van der Waals surface area contributed by atoms with Gasteiger partial charge in [0.1, 0.15) is 5.82 Å². The lowest BCUT2D eigenvalue weighted by molar-refractivity contribution is 0.0714. The Kier molecular flexibility index (Phi) is 6.00. The summed E-state index contributed by atoms with van der Waals surface area (Å²) in [7, 11) is 0. The van der Waals surface area contributed by atoms with Crippen LogP contribution in [-0.2, 0) is 0 Å². The second kappa shape index (κ2) is 7.76. The molecule has 1 saturated heterocycles.